The Morgan fingerprint density at radius 3 is 2.62 bits per heavy atom. The van der Waals surface area contributed by atoms with Gasteiger partial charge in [-0.05, 0) is 44.6 Å². The van der Waals surface area contributed by atoms with Gasteiger partial charge in [0.25, 0.3) is 0 Å². The van der Waals surface area contributed by atoms with Gasteiger partial charge < -0.3 is 19.9 Å². The average molecular weight is 419 g/mol. The monoisotopic (exact) mass is 419 g/mol. The van der Waals surface area contributed by atoms with Gasteiger partial charge in [-0.2, -0.15) is 0 Å². The third-order valence-corrected chi connectivity index (χ3v) is 7.17. The van der Waals surface area contributed by atoms with Gasteiger partial charge in [0.2, 0.25) is 5.91 Å². The highest BCUT2D eigenvalue weighted by molar-refractivity contribution is 7.17. The smallest absolute Gasteiger partial charge is 0.341 e. The maximum atomic E-state index is 13.1. The number of carboxylic acid groups (broad SMARTS) is 1. The number of nitrogens with one attached hydrogen (secondary N) is 1. The number of ether oxygens (including phenoxy) is 2. The molecule has 0 aromatic carbocycles. The Balaban J connectivity index is 1.66. The van der Waals surface area contributed by atoms with Gasteiger partial charge in [-0.3, -0.25) is 9.59 Å². The van der Waals surface area contributed by atoms with Crippen molar-refractivity contribution in [3.8, 4) is 0 Å². The standard InChI is InChI=1S/C21H25NO6S/c1-4-27-20(26)16-12-8-21(2,3)28-9-13(12)29-18(16)22-17(23)14-10-5-6-11(7-10)15(14)19(24)25/h5-6,10-11,14-15H,4,7-9H2,1-3H3,(H,22,23)(H,24,25)/t10-,11+,14+,15+/m1/s1. The molecule has 1 aromatic heterocycles. The van der Waals surface area contributed by atoms with E-state index in [1.165, 1.54) is 11.3 Å². The highest BCUT2D eigenvalue weighted by Gasteiger charge is 2.52. The van der Waals surface area contributed by atoms with Gasteiger partial charge >= 0.3 is 11.9 Å². The quantitative estimate of drug-likeness (QED) is 0.561. The number of allylic oxidation sites excluding steroid dienone is 2. The van der Waals surface area contributed by atoms with Crippen LogP contribution in [-0.2, 0) is 32.1 Å². The summed E-state index contributed by atoms with van der Waals surface area (Å²) in [6, 6.07) is 0. The summed E-state index contributed by atoms with van der Waals surface area (Å²) in [4.78, 5) is 38.4. The Kier molecular flexibility index (Phi) is 5.02. The van der Waals surface area contributed by atoms with E-state index in [0.29, 0.717) is 30.0 Å². The number of anilines is 1. The minimum Gasteiger partial charge on any atom is -0.481 e. The molecule has 4 rings (SSSR count). The highest BCUT2D eigenvalue weighted by atomic mass is 32.1. The molecule has 156 valence electrons. The lowest BCUT2D eigenvalue weighted by molar-refractivity contribution is -0.146. The topological polar surface area (TPSA) is 102 Å². The van der Waals surface area contributed by atoms with Gasteiger partial charge in [-0.15, -0.1) is 11.3 Å². The number of carboxylic acids is 1. The normalized spacial score (nSPS) is 28.8. The summed E-state index contributed by atoms with van der Waals surface area (Å²) in [5.74, 6) is -3.32. The first-order chi connectivity index (χ1) is 13.7. The fraction of sp³-hybridized carbons (Fsp3) is 0.571. The van der Waals surface area contributed by atoms with Crippen LogP contribution in [0.4, 0.5) is 5.00 Å². The molecule has 0 saturated heterocycles. The summed E-state index contributed by atoms with van der Waals surface area (Å²) in [6.07, 6.45) is 5.07. The number of fused-ring (bicyclic) bond motifs is 3. The molecule has 8 heteroatoms. The van der Waals surface area contributed by atoms with E-state index >= 15 is 0 Å². The molecule has 1 amide bonds. The van der Waals surface area contributed by atoms with E-state index in [1.807, 2.05) is 26.0 Å². The first-order valence-corrected chi connectivity index (χ1v) is 10.7. The molecule has 2 heterocycles. The zero-order valence-electron chi connectivity index (χ0n) is 16.7. The van der Waals surface area contributed by atoms with Crippen LogP contribution in [0.2, 0.25) is 0 Å². The number of hydrogen-bond donors (Lipinski definition) is 2. The number of thiophene rings is 1. The molecule has 4 atom stereocenters. The maximum absolute atomic E-state index is 13.1. The molecule has 2 N–H and O–H groups in total. The average Bonchev–Trinajstić information content (AvgIpc) is 3.33. The number of carbonyl (C=O) groups excluding carboxylic acids is 2. The molecule has 29 heavy (non-hydrogen) atoms. The molecule has 0 spiro atoms. The van der Waals surface area contributed by atoms with E-state index in [4.69, 9.17) is 9.47 Å². The highest BCUT2D eigenvalue weighted by Crippen LogP contribution is 2.49. The summed E-state index contributed by atoms with van der Waals surface area (Å²) in [5.41, 5.74) is 0.810. The molecule has 7 nitrogen and oxygen atoms in total. The number of hydrogen-bond acceptors (Lipinski definition) is 6. The van der Waals surface area contributed by atoms with Crippen molar-refractivity contribution in [2.75, 3.05) is 11.9 Å². The van der Waals surface area contributed by atoms with Crippen molar-refractivity contribution in [3.05, 3.63) is 28.2 Å². The van der Waals surface area contributed by atoms with Crippen molar-refractivity contribution in [2.45, 2.75) is 45.8 Å². The maximum Gasteiger partial charge on any atom is 0.341 e. The van der Waals surface area contributed by atoms with Crippen LogP contribution in [0, 0.1) is 23.7 Å². The Hall–Kier alpha value is -2.19. The van der Waals surface area contributed by atoms with Gasteiger partial charge in [-0.1, -0.05) is 12.2 Å². The second kappa shape index (κ2) is 7.25. The molecule has 1 fully saturated rings. The Morgan fingerprint density at radius 2 is 1.97 bits per heavy atom. The Labute approximate surface area is 173 Å². The zero-order valence-corrected chi connectivity index (χ0v) is 17.5. The van der Waals surface area contributed by atoms with Crippen molar-refractivity contribution in [1.82, 2.24) is 0 Å². The first-order valence-electron chi connectivity index (χ1n) is 9.89. The molecule has 0 radical (unpaired) electrons. The second-order valence-corrected chi connectivity index (χ2v) is 9.59. The Morgan fingerprint density at radius 1 is 1.28 bits per heavy atom. The van der Waals surface area contributed by atoms with Crippen molar-refractivity contribution in [1.29, 1.82) is 0 Å². The first kappa shape index (κ1) is 20.1. The van der Waals surface area contributed by atoms with Crippen LogP contribution >= 0.6 is 11.3 Å². The predicted molar refractivity (Wildman–Crippen MR) is 107 cm³/mol. The summed E-state index contributed by atoms with van der Waals surface area (Å²) in [5, 5.41) is 12.9. The number of aliphatic carboxylic acids is 1. The van der Waals surface area contributed by atoms with Crippen LogP contribution in [0.5, 0.6) is 0 Å². The molecule has 0 unspecified atom stereocenters. The number of carbonyl (C=O) groups is 3. The van der Waals surface area contributed by atoms with E-state index in [1.54, 1.807) is 6.92 Å². The van der Waals surface area contributed by atoms with E-state index in [9.17, 15) is 19.5 Å². The third-order valence-electron chi connectivity index (χ3n) is 6.05. The van der Waals surface area contributed by atoms with E-state index in [-0.39, 0.29) is 24.3 Å². The number of rotatable bonds is 5. The van der Waals surface area contributed by atoms with Gasteiger partial charge in [0, 0.05) is 11.3 Å². The number of amides is 1. The SMILES string of the molecule is CCOC(=O)c1c(NC(=O)[C@@H]2[C@@H](C(=O)O)[C@H]3C=C[C@@H]2C3)sc2c1CC(C)(C)OC2. The molecule has 1 aliphatic heterocycles. The van der Waals surface area contributed by atoms with Crippen LogP contribution in [0.25, 0.3) is 0 Å². The van der Waals surface area contributed by atoms with Crippen molar-refractivity contribution >= 4 is 34.2 Å². The molecular formula is C21H25NO6S. The molecule has 2 aliphatic carbocycles. The third kappa shape index (κ3) is 3.48. The van der Waals surface area contributed by atoms with Crippen LogP contribution < -0.4 is 5.32 Å². The lowest BCUT2D eigenvalue weighted by Crippen LogP contribution is -2.36. The summed E-state index contributed by atoms with van der Waals surface area (Å²) in [6.45, 7) is 6.25. The lowest BCUT2D eigenvalue weighted by Gasteiger charge is -2.30. The largest absolute Gasteiger partial charge is 0.481 e. The lowest BCUT2D eigenvalue weighted by atomic mass is 9.82. The molecule has 1 saturated carbocycles. The van der Waals surface area contributed by atoms with Gasteiger partial charge in [0.1, 0.15) is 5.00 Å². The predicted octanol–water partition coefficient (Wildman–Crippen LogP) is 3.24. The van der Waals surface area contributed by atoms with Gasteiger partial charge in [0.15, 0.2) is 0 Å². The molecule has 2 bridgehead atoms. The van der Waals surface area contributed by atoms with Crippen LogP contribution in [0.3, 0.4) is 0 Å². The molecule has 1 aromatic rings. The number of esters is 1. The summed E-state index contributed by atoms with van der Waals surface area (Å²) < 4.78 is 11.1. The second-order valence-electron chi connectivity index (χ2n) is 8.48. The van der Waals surface area contributed by atoms with E-state index < -0.39 is 29.4 Å². The minimum atomic E-state index is -0.951. The van der Waals surface area contributed by atoms with Crippen LogP contribution in [-0.4, -0.2) is 35.2 Å². The molecular weight excluding hydrogens is 394 g/mol. The van der Waals surface area contributed by atoms with Crippen molar-refractivity contribution in [3.63, 3.8) is 0 Å². The van der Waals surface area contributed by atoms with E-state index in [2.05, 4.69) is 5.32 Å². The fourth-order valence-electron chi connectivity index (χ4n) is 4.77. The summed E-state index contributed by atoms with van der Waals surface area (Å²) >= 11 is 1.31. The molecule has 3 aliphatic rings. The van der Waals surface area contributed by atoms with Crippen LogP contribution in [0.1, 0.15) is 48.0 Å². The van der Waals surface area contributed by atoms with Crippen molar-refractivity contribution < 1.29 is 29.0 Å². The van der Waals surface area contributed by atoms with Gasteiger partial charge in [0.05, 0.1) is 36.2 Å². The zero-order chi connectivity index (χ0) is 20.9. The van der Waals surface area contributed by atoms with Gasteiger partial charge in [-0.25, -0.2) is 4.79 Å². The minimum absolute atomic E-state index is 0.0796. The fourth-order valence-corrected chi connectivity index (χ4v) is 5.89. The van der Waals surface area contributed by atoms with Crippen LogP contribution in [0.15, 0.2) is 12.2 Å². The summed E-state index contributed by atoms with van der Waals surface area (Å²) in [7, 11) is 0. The van der Waals surface area contributed by atoms with E-state index in [0.717, 1.165) is 10.4 Å². The Bertz CT molecular complexity index is 901. The van der Waals surface area contributed by atoms with Crippen molar-refractivity contribution in [2.24, 2.45) is 23.7 Å².